The average molecular weight is 223 g/mol. The van der Waals surface area contributed by atoms with Gasteiger partial charge >= 0.3 is 0 Å². The summed E-state index contributed by atoms with van der Waals surface area (Å²) >= 11 is 0. The molecule has 1 unspecified atom stereocenters. The molecule has 0 bridgehead atoms. The highest BCUT2D eigenvalue weighted by atomic mass is 16.2. The van der Waals surface area contributed by atoms with Crippen molar-refractivity contribution in [1.82, 2.24) is 20.8 Å². The van der Waals surface area contributed by atoms with Crippen molar-refractivity contribution in [2.75, 3.05) is 5.73 Å². The van der Waals surface area contributed by atoms with Crippen LogP contribution in [0.2, 0.25) is 0 Å². The van der Waals surface area contributed by atoms with E-state index >= 15 is 0 Å². The largest absolute Gasteiger partial charge is 0.396 e. The molecule has 1 fully saturated rings. The van der Waals surface area contributed by atoms with Crippen LogP contribution in [0.1, 0.15) is 16.9 Å². The third-order valence-electron chi connectivity index (χ3n) is 2.17. The molecule has 0 saturated carbocycles. The van der Waals surface area contributed by atoms with Crippen LogP contribution in [0.3, 0.4) is 0 Å². The third-order valence-corrected chi connectivity index (χ3v) is 2.17. The number of aromatic amines is 1. The molecule has 16 heavy (non-hydrogen) atoms. The van der Waals surface area contributed by atoms with Crippen LogP contribution in [0, 0.1) is 0 Å². The van der Waals surface area contributed by atoms with E-state index in [4.69, 9.17) is 5.73 Å². The molecule has 5 N–H and O–H groups in total. The minimum Gasteiger partial charge on any atom is -0.396 e. The Kier molecular flexibility index (Phi) is 2.31. The predicted octanol–water partition coefficient (Wildman–Crippen LogP) is -1.86. The van der Waals surface area contributed by atoms with Gasteiger partial charge < -0.3 is 11.1 Å². The fourth-order valence-corrected chi connectivity index (χ4v) is 1.38. The minimum absolute atomic E-state index is 0.0569. The highest BCUT2D eigenvalue weighted by molar-refractivity contribution is 6.08. The van der Waals surface area contributed by atoms with E-state index in [-0.39, 0.29) is 17.8 Å². The topological polar surface area (TPSA) is 130 Å². The average Bonchev–Trinajstić information content (AvgIpc) is 2.74. The molecule has 0 aliphatic carbocycles. The number of nitrogen functional groups attached to an aromatic ring is 1. The molecular weight excluding hydrogens is 214 g/mol. The van der Waals surface area contributed by atoms with Crippen molar-refractivity contribution in [3.63, 3.8) is 0 Å². The molecule has 1 aliphatic heterocycles. The van der Waals surface area contributed by atoms with E-state index in [9.17, 15) is 14.4 Å². The van der Waals surface area contributed by atoms with Crippen molar-refractivity contribution >= 4 is 23.4 Å². The first kappa shape index (κ1) is 10.1. The van der Waals surface area contributed by atoms with E-state index in [1.807, 2.05) is 0 Å². The lowest BCUT2D eigenvalue weighted by Gasteiger charge is -2.07. The van der Waals surface area contributed by atoms with E-state index in [2.05, 4.69) is 20.8 Å². The van der Waals surface area contributed by atoms with Crippen LogP contribution in [-0.4, -0.2) is 34.0 Å². The van der Waals surface area contributed by atoms with E-state index < -0.39 is 23.8 Å². The van der Waals surface area contributed by atoms with Gasteiger partial charge in [0.05, 0.1) is 18.3 Å². The maximum Gasteiger partial charge on any atom is 0.272 e. The van der Waals surface area contributed by atoms with Gasteiger partial charge in [0.25, 0.3) is 5.91 Å². The highest BCUT2D eigenvalue weighted by Crippen LogP contribution is 2.08. The molecule has 0 aromatic carbocycles. The summed E-state index contributed by atoms with van der Waals surface area (Å²) < 4.78 is 0. The van der Waals surface area contributed by atoms with Crippen molar-refractivity contribution in [1.29, 1.82) is 0 Å². The van der Waals surface area contributed by atoms with Gasteiger partial charge in [0.15, 0.2) is 0 Å². The Hall–Kier alpha value is -2.38. The zero-order valence-corrected chi connectivity index (χ0v) is 8.11. The summed E-state index contributed by atoms with van der Waals surface area (Å²) in [7, 11) is 0. The number of nitrogens with two attached hydrogens (primary N) is 1. The molecule has 1 aliphatic rings. The van der Waals surface area contributed by atoms with Gasteiger partial charge in [-0.1, -0.05) is 0 Å². The van der Waals surface area contributed by atoms with Crippen LogP contribution >= 0.6 is 0 Å². The number of nitrogens with zero attached hydrogens (tertiary/aromatic N) is 1. The van der Waals surface area contributed by atoms with Crippen LogP contribution in [0.5, 0.6) is 0 Å². The van der Waals surface area contributed by atoms with Gasteiger partial charge in [-0.25, -0.2) is 0 Å². The minimum atomic E-state index is -0.845. The first-order valence-corrected chi connectivity index (χ1v) is 4.51. The van der Waals surface area contributed by atoms with Gasteiger partial charge in [-0.05, 0) is 0 Å². The van der Waals surface area contributed by atoms with Crippen LogP contribution in [0.4, 0.5) is 5.69 Å². The summed E-state index contributed by atoms with van der Waals surface area (Å²) in [4.78, 5) is 33.6. The summed E-state index contributed by atoms with van der Waals surface area (Å²) in [5.74, 6) is -1.49. The number of imide groups is 1. The summed E-state index contributed by atoms with van der Waals surface area (Å²) in [6.45, 7) is 0. The Labute approximate surface area is 89.6 Å². The lowest BCUT2D eigenvalue weighted by Crippen LogP contribution is -2.40. The molecule has 84 valence electrons. The molecule has 8 heteroatoms. The Morgan fingerprint density at radius 3 is 2.81 bits per heavy atom. The number of amides is 3. The van der Waals surface area contributed by atoms with Gasteiger partial charge in [-0.3, -0.25) is 24.8 Å². The van der Waals surface area contributed by atoms with Crippen molar-refractivity contribution in [2.24, 2.45) is 0 Å². The quantitative estimate of drug-likeness (QED) is 0.437. The maximum absolute atomic E-state index is 11.6. The van der Waals surface area contributed by atoms with Crippen molar-refractivity contribution < 1.29 is 14.4 Å². The molecule has 8 nitrogen and oxygen atoms in total. The fourth-order valence-electron chi connectivity index (χ4n) is 1.38. The van der Waals surface area contributed by atoms with E-state index in [1.54, 1.807) is 0 Å². The number of hydrogen-bond acceptors (Lipinski definition) is 5. The van der Waals surface area contributed by atoms with Crippen molar-refractivity contribution in [2.45, 2.75) is 12.5 Å². The molecule has 1 aromatic heterocycles. The Bertz CT molecular complexity index is 466. The van der Waals surface area contributed by atoms with Crippen molar-refractivity contribution in [3.8, 4) is 0 Å². The van der Waals surface area contributed by atoms with Crippen LogP contribution in [0.15, 0.2) is 6.20 Å². The number of anilines is 1. The number of rotatable bonds is 2. The zero-order valence-electron chi connectivity index (χ0n) is 8.11. The van der Waals surface area contributed by atoms with Crippen LogP contribution in [-0.2, 0) is 9.59 Å². The summed E-state index contributed by atoms with van der Waals surface area (Å²) in [5, 5.41) is 10.4. The zero-order chi connectivity index (χ0) is 11.7. The van der Waals surface area contributed by atoms with Crippen molar-refractivity contribution in [3.05, 3.63) is 11.9 Å². The first-order chi connectivity index (χ1) is 7.58. The van der Waals surface area contributed by atoms with Gasteiger partial charge in [0, 0.05) is 0 Å². The number of H-pyrrole nitrogens is 1. The number of nitrogens with one attached hydrogen (secondary N) is 3. The van der Waals surface area contributed by atoms with Gasteiger partial charge in [-0.15, -0.1) is 0 Å². The molecule has 2 heterocycles. The number of carbonyl (C=O) groups excluding carboxylic acids is 3. The standard InChI is InChI=1S/C8H9N5O3/c9-3-2-10-13-6(3)8(16)11-4-1-5(14)12-7(4)15/h2,4H,1,9H2,(H,10,13)(H,11,16)(H,12,14,15). The number of carbonyl (C=O) groups is 3. The Morgan fingerprint density at radius 2 is 2.31 bits per heavy atom. The molecule has 1 aromatic rings. The normalized spacial score (nSPS) is 19.6. The number of hydrogen-bond donors (Lipinski definition) is 4. The summed E-state index contributed by atoms with van der Waals surface area (Å²) in [6, 6.07) is -0.845. The highest BCUT2D eigenvalue weighted by Gasteiger charge is 2.32. The molecule has 2 rings (SSSR count). The van der Waals surface area contributed by atoms with Gasteiger partial charge in [0.2, 0.25) is 11.8 Å². The lowest BCUT2D eigenvalue weighted by atomic mass is 10.2. The predicted molar refractivity (Wildman–Crippen MR) is 52.0 cm³/mol. The SMILES string of the molecule is Nc1cn[nH]c1C(=O)NC1CC(=O)NC1=O. The second kappa shape index (κ2) is 3.65. The third kappa shape index (κ3) is 1.72. The molecule has 3 amide bonds. The van der Waals surface area contributed by atoms with E-state index in [0.717, 1.165) is 0 Å². The summed E-state index contributed by atoms with van der Waals surface area (Å²) in [5.41, 5.74) is 5.71. The molecule has 0 spiro atoms. The van der Waals surface area contributed by atoms with Crippen LogP contribution < -0.4 is 16.4 Å². The van der Waals surface area contributed by atoms with Gasteiger partial charge in [0.1, 0.15) is 11.7 Å². The molecular formula is C8H9N5O3. The van der Waals surface area contributed by atoms with Crippen LogP contribution in [0.25, 0.3) is 0 Å². The molecule has 1 saturated heterocycles. The second-order valence-corrected chi connectivity index (χ2v) is 3.34. The number of aromatic nitrogens is 2. The Morgan fingerprint density at radius 1 is 1.56 bits per heavy atom. The maximum atomic E-state index is 11.6. The van der Waals surface area contributed by atoms with E-state index in [0.29, 0.717) is 0 Å². The summed E-state index contributed by atoms with van der Waals surface area (Å²) in [6.07, 6.45) is 1.23. The molecule has 0 radical (unpaired) electrons. The molecule has 1 atom stereocenters. The van der Waals surface area contributed by atoms with E-state index in [1.165, 1.54) is 6.20 Å². The first-order valence-electron chi connectivity index (χ1n) is 4.51. The Balaban J connectivity index is 2.06. The monoisotopic (exact) mass is 223 g/mol. The lowest BCUT2D eigenvalue weighted by molar-refractivity contribution is -0.125. The smallest absolute Gasteiger partial charge is 0.272 e. The second-order valence-electron chi connectivity index (χ2n) is 3.34. The fraction of sp³-hybridized carbons (Fsp3) is 0.250. The van der Waals surface area contributed by atoms with Gasteiger partial charge in [-0.2, -0.15) is 5.10 Å².